The number of halogens is 1. The minimum absolute atomic E-state index is 0.0693. The van der Waals surface area contributed by atoms with Crippen molar-refractivity contribution in [1.82, 2.24) is 14.2 Å². The Labute approximate surface area is 219 Å². The van der Waals surface area contributed by atoms with Crippen molar-refractivity contribution in [2.75, 3.05) is 33.4 Å². The Hall–Kier alpha value is -2.65. The van der Waals surface area contributed by atoms with Crippen LogP contribution < -0.4 is 0 Å². The molecule has 3 aromatic rings. The van der Waals surface area contributed by atoms with E-state index in [1.807, 2.05) is 31.2 Å². The molecule has 6 nitrogen and oxygen atoms in total. The third kappa shape index (κ3) is 4.95. The number of pyridine rings is 1. The zero-order chi connectivity index (χ0) is 26.2. The van der Waals surface area contributed by atoms with Crippen molar-refractivity contribution in [3.8, 4) is 11.1 Å². The molecule has 3 heterocycles. The molecule has 1 unspecified atom stereocenters. The van der Waals surface area contributed by atoms with Crippen molar-refractivity contribution in [3.63, 3.8) is 0 Å². The average molecular weight is 524 g/mol. The minimum atomic E-state index is -3.60. The van der Waals surface area contributed by atoms with Crippen LogP contribution >= 0.6 is 0 Å². The molecule has 2 aromatic carbocycles. The molecule has 0 N–H and O–H groups in total. The Morgan fingerprint density at radius 3 is 2.43 bits per heavy atom. The van der Waals surface area contributed by atoms with E-state index in [-0.39, 0.29) is 18.0 Å². The normalized spacial score (nSPS) is 23.1. The summed E-state index contributed by atoms with van der Waals surface area (Å²) in [4.78, 5) is 6.67. The molecular weight excluding hydrogens is 489 g/mol. The van der Waals surface area contributed by atoms with E-state index in [4.69, 9.17) is 4.74 Å². The van der Waals surface area contributed by atoms with E-state index in [2.05, 4.69) is 22.0 Å². The Morgan fingerprint density at radius 1 is 1.00 bits per heavy atom. The van der Waals surface area contributed by atoms with E-state index < -0.39 is 16.0 Å². The molecule has 1 aromatic heterocycles. The third-order valence-corrected chi connectivity index (χ3v) is 9.86. The maximum atomic E-state index is 13.7. The molecule has 0 saturated carbocycles. The van der Waals surface area contributed by atoms with Gasteiger partial charge < -0.3 is 4.74 Å². The Kier molecular flexibility index (Phi) is 7.45. The standard InChI is InChI=1S/C29H34FN3O3S/c1-20-8-4-5-9-27(20)37(34,35)32-14-6-7-15-33-25(18-32)28(26(33)19-36-3)23-12-10-22(11-13-23)24-16-21(2)29(30)31-17-24/h4-5,8-13,16-17,25-26,28H,6-7,14-15,18-19H2,1-3H3/t25?,26-,28+/m1/s1. The number of nitrogens with zero attached hydrogens (tertiary/aromatic N) is 3. The molecule has 8 heteroatoms. The first-order valence-corrected chi connectivity index (χ1v) is 14.3. The number of benzene rings is 2. The van der Waals surface area contributed by atoms with Gasteiger partial charge in [-0.2, -0.15) is 8.70 Å². The van der Waals surface area contributed by atoms with Crippen LogP contribution in [-0.4, -0.2) is 68.0 Å². The first kappa shape index (κ1) is 26.0. The molecule has 196 valence electrons. The molecule has 5 rings (SSSR count). The number of methoxy groups -OCH3 is 1. The van der Waals surface area contributed by atoms with Gasteiger partial charge in [0.2, 0.25) is 16.0 Å². The summed E-state index contributed by atoms with van der Waals surface area (Å²) in [7, 11) is -1.88. The quantitative estimate of drug-likeness (QED) is 0.436. The van der Waals surface area contributed by atoms with Gasteiger partial charge in [0.25, 0.3) is 0 Å². The third-order valence-electron chi connectivity index (χ3n) is 7.84. The van der Waals surface area contributed by atoms with Gasteiger partial charge in [-0.3, -0.25) is 4.90 Å². The number of fused-ring (bicyclic) bond motifs is 1. The summed E-state index contributed by atoms with van der Waals surface area (Å²) in [5, 5.41) is 0. The van der Waals surface area contributed by atoms with Gasteiger partial charge in [0, 0.05) is 55.5 Å². The molecule has 0 amide bonds. The van der Waals surface area contributed by atoms with Crippen molar-refractivity contribution in [2.24, 2.45) is 0 Å². The highest BCUT2D eigenvalue weighted by molar-refractivity contribution is 7.89. The molecule has 2 saturated heterocycles. The van der Waals surface area contributed by atoms with E-state index >= 15 is 0 Å². The van der Waals surface area contributed by atoms with Crippen molar-refractivity contribution in [1.29, 1.82) is 0 Å². The lowest BCUT2D eigenvalue weighted by Gasteiger charge is -2.57. The van der Waals surface area contributed by atoms with Gasteiger partial charge in [0.1, 0.15) is 0 Å². The van der Waals surface area contributed by atoms with Crippen LogP contribution in [-0.2, 0) is 14.8 Å². The van der Waals surface area contributed by atoms with Crippen LogP contribution in [0.25, 0.3) is 11.1 Å². The molecular formula is C29H34FN3O3S. The Bertz CT molecular complexity index is 1360. The second-order valence-corrected chi connectivity index (χ2v) is 12.0. The summed E-state index contributed by atoms with van der Waals surface area (Å²) >= 11 is 0. The van der Waals surface area contributed by atoms with Gasteiger partial charge in [-0.1, -0.05) is 42.5 Å². The van der Waals surface area contributed by atoms with Gasteiger partial charge in [-0.05, 0) is 62.1 Å². The van der Waals surface area contributed by atoms with Gasteiger partial charge in [0.05, 0.1) is 11.5 Å². The van der Waals surface area contributed by atoms with E-state index in [9.17, 15) is 12.8 Å². The Morgan fingerprint density at radius 2 is 1.73 bits per heavy atom. The zero-order valence-electron chi connectivity index (χ0n) is 21.6. The molecule has 0 aliphatic carbocycles. The number of rotatable bonds is 6. The first-order chi connectivity index (χ1) is 17.8. The van der Waals surface area contributed by atoms with E-state index in [0.29, 0.717) is 30.2 Å². The largest absolute Gasteiger partial charge is 0.383 e. The van der Waals surface area contributed by atoms with Gasteiger partial charge in [-0.25, -0.2) is 13.4 Å². The number of aromatic nitrogens is 1. The van der Waals surface area contributed by atoms with Gasteiger partial charge >= 0.3 is 0 Å². The van der Waals surface area contributed by atoms with Crippen molar-refractivity contribution in [3.05, 3.63) is 83.4 Å². The number of ether oxygens (including phenoxy) is 1. The smallest absolute Gasteiger partial charge is 0.243 e. The van der Waals surface area contributed by atoms with Crippen LogP contribution in [0.4, 0.5) is 4.39 Å². The van der Waals surface area contributed by atoms with Crippen molar-refractivity contribution < 1.29 is 17.5 Å². The highest BCUT2D eigenvalue weighted by Crippen LogP contribution is 2.43. The molecule has 0 bridgehead atoms. The zero-order valence-corrected chi connectivity index (χ0v) is 22.4. The fourth-order valence-electron chi connectivity index (χ4n) is 5.88. The molecule has 0 radical (unpaired) electrons. The fourth-order valence-corrected chi connectivity index (χ4v) is 7.60. The maximum absolute atomic E-state index is 13.7. The Balaban J connectivity index is 1.44. The highest BCUT2D eigenvalue weighted by Gasteiger charge is 2.50. The minimum Gasteiger partial charge on any atom is -0.383 e. The fraction of sp³-hybridized carbons (Fsp3) is 0.414. The SMILES string of the molecule is COC[C@@H]1[C@@H](c2ccc(-c3cnc(F)c(C)c3)cc2)C2CN(S(=O)(=O)c3ccccc3C)CCCCN21. The molecule has 37 heavy (non-hydrogen) atoms. The highest BCUT2D eigenvalue weighted by atomic mass is 32.2. The second kappa shape index (κ2) is 10.6. The lowest BCUT2D eigenvalue weighted by atomic mass is 9.74. The summed E-state index contributed by atoms with van der Waals surface area (Å²) in [5.74, 6) is -0.304. The van der Waals surface area contributed by atoms with E-state index in [1.165, 1.54) is 0 Å². The topological polar surface area (TPSA) is 62.7 Å². The molecule has 2 fully saturated rings. The summed E-state index contributed by atoms with van der Waals surface area (Å²) in [6.45, 7) is 6.07. The lowest BCUT2D eigenvalue weighted by molar-refractivity contribution is -0.0635. The van der Waals surface area contributed by atoms with Crippen LogP contribution in [0.3, 0.4) is 0 Å². The molecule has 2 aliphatic rings. The number of hydrogen-bond acceptors (Lipinski definition) is 5. The predicted molar refractivity (Wildman–Crippen MR) is 142 cm³/mol. The van der Waals surface area contributed by atoms with Crippen LogP contribution in [0.2, 0.25) is 0 Å². The summed E-state index contributed by atoms with van der Waals surface area (Å²) in [6.07, 6.45) is 3.33. The summed E-state index contributed by atoms with van der Waals surface area (Å²) in [5.41, 5.74) is 4.29. The number of hydrogen-bond donors (Lipinski definition) is 0. The van der Waals surface area contributed by atoms with Crippen molar-refractivity contribution in [2.45, 2.75) is 49.6 Å². The molecule has 2 aliphatic heterocycles. The van der Waals surface area contributed by atoms with Gasteiger partial charge in [-0.15, -0.1) is 0 Å². The number of sulfonamides is 1. The predicted octanol–water partition coefficient (Wildman–Crippen LogP) is 4.77. The molecule has 0 spiro atoms. The van der Waals surface area contributed by atoms with E-state index in [1.54, 1.807) is 42.7 Å². The van der Waals surface area contributed by atoms with E-state index in [0.717, 1.165) is 41.6 Å². The maximum Gasteiger partial charge on any atom is 0.243 e. The summed E-state index contributed by atoms with van der Waals surface area (Å²) < 4.78 is 48.3. The monoisotopic (exact) mass is 523 g/mol. The molecule has 3 atom stereocenters. The van der Waals surface area contributed by atoms with Gasteiger partial charge in [0.15, 0.2) is 0 Å². The first-order valence-electron chi connectivity index (χ1n) is 12.8. The average Bonchev–Trinajstić information content (AvgIpc) is 2.87. The summed E-state index contributed by atoms with van der Waals surface area (Å²) in [6, 6.07) is 17.6. The number of aryl methyl sites for hydroxylation is 2. The van der Waals surface area contributed by atoms with Crippen molar-refractivity contribution >= 4 is 10.0 Å². The second-order valence-electron chi connectivity index (χ2n) is 10.1. The lowest BCUT2D eigenvalue weighted by Crippen LogP contribution is -2.68. The van der Waals surface area contributed by atoms with Crippen LogP contribution in [0, 0.1) is 19.8 Å². The van der Waals surface area contributed by atoms with Crippen LogP contribution in [0.1, 0.15) is 35.4 Å². The van der Waals surface area contributed by atoms with Crippen LogP contribution in [0.5, 0.6) is 0 Å². The van der Waals surface area contributed by atoms with Crippen LogP contribution in [0.15, 0.2) is 65.7 Å².